The third-order valence-corrected chi connectivity index (χ3v) is 6.14. The van der Waals surface area contributed by atoms with Crippen molar-refractivity contribution < 1.29 is 14.6 Å². The summed E-state index contributed by atoms with van der Waals surface area (Å²) in [6.45, 7) is 1.26. The molecule has 3 aromatic rings. The van der Waals surface area contributed by atoms with Crippen LogP contribution in [0.5, 0.6) is 11.5 Å². The van der Waals surface area contributed by atoms with Crippen molar-refractivity contribution in [3.63, 3.8) is 0 Å². The van der Waals surface area contributed by atoms with Gasteiger partial charge in [0.1, 0.15) is 18.1 Å². The van der Waals surface area contributed by atoms with E-state index in [9.17, 15) is 5.11 Å². The van der Waals surface area contributed by atoms with Gasteiger partial charge in [-0.05, 0) is 66.1 Å². The van der Waals surface area contributed by atoms with E-state index in [2.05, 4.69) is 36.4 Å². The van der Waals surface area contributed by atoms with E-state index in [-0.39, 0.29) is 6.61 Å². The fourth-order valence-electron chi connectivity index (χ4n) is 4.20. The summed E-state index contributed by atoms with van der Waals surface area (Å²) in [6, 6.07) is 26.7. The molecule has 1 aliphatic rings. The Bertz CT molecular complexity index is 940. The van der Waals surface area contributed by atoms with Crippen molar-refractivity contribution >= 4 is 0 Å². The minimum absolute atomic E-state index is 0.0603. The highest BCUT2D eigenvalue weighted by molar-refractivity contribution is 5.31. The maximum absolute atomic E-state index is 9.46. The average Bonchev–Trinajstić information content (AvgIpc) is 3.22. The molecule has 0 aromatic heterocycles. The third kappa shape index (κ3) is 5.87. The van der Waals surface area contributed by atoms with E-state index >= 15 is 0 Å². The van der Waals surface area contributed by atoms with Gasteiger partial charge in [-0.25, -0.2) is 0 Å². The highest BCUT2D eigenvalue weighted by Gasteiger charge is 2.35. The summed E-state index contributed by atoms with van der Waals surface area (Å²) in [5.41, 5.74) is 9.45. The number of aliphatic hydroxyl groups excluding tert-OH is 1. The van der Waals surface area contributed by atoms with E-state index in [0.29, 0.717) is 19.1 Å². The van der Waals surface area contributed by atoms with Crippen molar-refractivity contribution in [2.24, 2.45) is 5.73 Å². The van der Waals surface area contributed by atoms with Gasteiger partial charge in [0, 0.05) is 12.0 Å². The van der Waals surface area contributed by atoms with Crippen LogP contribution in [-0.4, -0.2) is 23.9 Å². The second-order valence-electron chi connectivity index (χ2n) is 8.55. The molecule has 4 rings (SSSR count). The lowest BCUT2D eigenvalue weighted by Gasteiger charge is -2.21. The Morgan fingerprint density at radius 2 is 1.52 bits per heavy atom. The van der Waals surface area contributed by atoms with Crippen LogP contribution in [0, 0.1) is 0 Å². The molecule has 0 radical (unpaired) electrons. The fourth-order valence-corrected chi connectivity index (χ4v) is 4.20. The maximum Gasteiger partial charge on any atom is 0.119 e. The molecule has 1 fully saturated rings. The molecular formula is C27H31NO3. The summed E-state index contributed by atoms with van der Waals surface area (Å²) >= 11 is 0. The van der Waals surface area contributed by atoms with Crippen molar-refractivity contribution in [2.45, 2.75) is 43.7 Å². The van der Waals surface area contributed by atoms with Crippen LogP contribution < -0.4 is 15.2 Å². The van der Waals surface area contributed by atoms with Crippen molar-refractivity contribution in [1.82, 2.24) is 0 Å². The minimum atomic E-state index is -0.415. The van der Waals surface area contributed by atoms with E-state index in [1.54, 1.807) is 0 Å². The lowest BCUT2D eigenvalue weighted by Crippen LogP contribution is -2.40. The second kappa shape index (κ2) is 9.99. The number of hydrogen-bond acceptors (Lipinski definition) is 4. The smallest absolute Gasteiger partial charge is 0.119 e. The van der Waals surface area contributed by atoms with Gasteiger partial charge in [0.2, 0.25) is 0 Å². The molecule has 4 nitrogen and oxygen atoms in total. The topological polar surface area (TPSA) is 64.7 Å². The largest absolute Gasteiger partial charge is 0.493 e. The van der Waals surface area contributed by atoms with Gasteiger partial charge in [0.05, 0.1) is 13.2 Å². The van der Waals surface area contributed by atoms with E-state index < -0.39 is 5.54 Å². The van der Waals surface area contributed by atoms with Crippen LogP contribution in [0.15, 0.2) is 78.9 Å². The lowest BCUT2D eigenvalue weighted by molar-refractivity contribution is 0.198. The highest BCUT2D eigenvalue weighted by atomic mass is 16.5. The summed E-state index contributed by atoms with van der Waals surface area (Å²) in [5.74, 6) is 2.18. The molecule has 0 amide bonds. The Hall–Kier alpha value is -2.82. The number of rotatable bonds is 9. The predicted molar refractivity (Wildman–Crippen MR) is 123 cm³/mol. The van der Waals surface area contributed by atoms with Gasteiger partial charge in [0.15, 0.2) is 0 Å². The number of nitrogens with two attached hydrogens (primary N) is 1. The summed E-state index contributed by atoms with van der Waals surface area (Å²) < 4.78 is 11.8. The zero-order chi connectivity index (χ0) is 21.5. The maximum atomic E-state index is 9.46. The van der Waals surface area contributed by atoms with E-state index in [1.165, 1.54) is 11.1 Å². The number of benzene rings is 3. The molecule has 0 bridgehead atoms. The van der Waals surface area contributed by atoms with Gasteiger partial charge in [-0.2, -0.15) is 0 Å². The molecular weight excluding hydrogens is 386 g/mol. The second-order valence-corrected chi connectivity index (χ2v) is 8.55. The number of aliphatic hydroxyl groups is 1. The predicted octanol–water partition coefficient (Wildman–Crippen LogP) is 4.84. The Labute approximate surface area is 184 Å². The van der Waals surface area contributed by atoms with Crippen molar-refractivity contribution in [2.75, 3.05) is 13.2 Å². The molecule has 0 saturated heterocycles. The van der Waals surface area contributed by atoms with Crippen molar-refractivity contribution in [3.8, 4) is 11.5 Å². The molecule has 3 N–H and O–H groups in total. The highest BCUT2D eigenvalue weighted by Crippen LogP contribution is 2.39. The Morgan fingerprint density at radius 1 is 0.839 bits per heavy atom. The average molecular weight is 418 g/mol. The van der Waals surface area contributed by atoms with E-state index in [4.69, 9.17) is 15.2 Å². The van der Waals surface area contributed by atoms with Crippen molar-refractivity contribution in [1.29, 1.82) is 0 Å². The van der Waals surface area contributed by atoms with Crippen LogP contribution in [-0.2, 0) is 13.0 Å². The van der Waals surface area contributed by atoms with Gasteiger partial charge in [-0.3, -0.25) is 0 Å². The monoisotopic (exact) mass is 417 g/mol. The van der Waals surface area contributed by atoms with Gasteiger partial charge in [-0.1, -0.05) is 54.6 Å². The molecule has 0 heterocycles. The zero-order valence-electron chi connectivity index (χ0n) is 17.9. The lowest BCUT2D eigenvalue weighted by atomic mass is 9.94. The van der Waals surface area contributed by atoms with Crippen LogP contribution in [0.2, 0.25) is 0 Å². The van der Waals surface area contributed by atoms with Gasteiger partial charge in [0.25, 0.3) is 0 Å². The first-order valence-corrected chi connectivity index (χ1v) is 11.0. The first-order chi connectivity index (χ1) is 15.1. The molecule has 0 unspecified atom stereocenters. The molecule has 1 aliphatic carbocycles. The summed E-state index contributed by atoms with van der Waals surface area (Å²) in [6.07, 6.45) is 3.59. The molecule has 4 heteroatoms. The fraction of sp³-hybridized carbons (Fsp3) is 0.333. The number of ether oxygens (including phenoxy) is 2. The van der Waals surface area contributed by atoms with Crippen LogP contribution in [0.1, 0.15) is 41.9 Å². The zero-order valence-corrected chi connectivity index (χ0v) is 17.9. The normalized spacial score (nSPS) is 20.5. The van der Waals surface area contributed by atoms with E-state index in [0.717, 1.165) is 42.7 Å². The van der Waals surface area contributed by atoms with E-state index in [1.807, 2.05) is 42.5 Å². The quantitative estimate of drug-likeness (QED) is 0.523. The first-order valence-electron chi connectivity index (χ1n) is 11.0. The van der Waals surface area contributed by atoms with Gasteiger partial charge < -0.3 is 20.3 Å². The van der Waals surface area contributed by atoms with Gasteiger partial charge in [-0.15, -0.1) is 0 Å². The molecule has 2 atom stereocenters. The molecule has 31 heavy (non-hydrogen) atoms. The minimum Gasteiger partial charge on any atom is -0.493 e. The number of hydrogen-bond donors (Lipinski definition) is 2. The molecule has 0 spiro atoms. The summed E-state index contributed by atoms with van der Waals surface area (Å²) in [4.78, 5) is 0. The molecule has 0 aliphatic heterocycles. The first kappa shape index (κ1) is 21.4. The van der Waals surface area contributed by atoms with Crippen molar-refractivity contribution in [3.05, 3.63) is 95.6 Å². The SMILES string of the molecule is N[C@]1(CO)CC[C@@H](c2ccc(OCCc3ccc(OCc4ccccc4)cc3)cc2)C1. The van der Waals surface area contributed by atoms with Crippen LogP contribution in [0.3, 0.4) is 0 Å². The Morgan fingerprint density at radius 3 is 2.19 bits per heavy atom. The summed E-state index contributed by atoms with van der Waals surface area (Å²) in [7, 11) is 0. The van der Waals surface area contributed by atoms with Gasteiger partial charge >= 0.3 is 0 Å². The standard InChI is InChI=1S/C27H31NO3/c28-27(20-29)16-14-24(18-27)23-8-12-25(13-9-23)30-17-15-21-6-10-26(11-7-21)31-19-22-4-2-1-3-5-22/h1-13,24,29H,14-20,28H2/t24-,27-/m1/s1. The van der Waals surface area contributed by atoms with Crippen LogP contribution in [0.25, 0.3) is 0 Å². The molecule has 162 valence electrons. The Kier molecular flexibility index (Phi) is 6.90. The molecule has 1 saturated carbocycles. The summed E-state index contributed by atoms with van der Waals surface area (Å²) in [5, 5.41) is 9.46. The van der Waals surface area contributed by atoms with Crippen LogP contribution in [0.4, 0.5) is 0 Å². The van der Waals surface area contributed by atoms with Crippen LogP contribution >= 0.6 is 0 Å². The molecule has 3 aromatic carbocycles. The third-order valence-electron chi connectivity index (χ3n) is 6.14. The Balaban J connectivity index is 1.21.